The smallest absolute Gasteiger partial charge is 0.164 e. The fraction of sp³-hybridized carbons (Fsp3) is 0. The summed E-state index contributed by atoms with van der Waals surface area (Å²) in [6.45, 7) is 0. The van der Waals surface area contributed by atoms with Gasteiger partial charge in [-0.3, -0.25) is 0 Å². The van der Waals surface area contributed by atoms with Crippen LogP contribution in [-0.4, -0.2) is 15.0 Å². The fourth-order valence-corrected chi connectivity index (χ4v) is 6.98. The Labute approximate surface area is 316 Å². The molecule has 0 N–H and O–H groups in total. The second kappa shape index (κ2) is 14.8. The largest absolute Gasteiger partial charge is 0.208 e. The van der Waals surface area contributed by atoms with Crippen LogP contribution in [0.5, 0.6) is 0 Å². The standard InChI is InChI=1S/C51H35N3/c1-5-16-36(17-6-1)44-33-45(37-18-7-2-8-19-37)35-46(34-44)48-27-14-13-26-47(48)43-25-15-24-42(32-43)38-28-30-41(31-29-38)51-53-49(39-20-9-3-10-21-39)52-50(54-51)40-22-11-4-12-23-40/h1-35H. The van der Waals surface area contributed by atoms with Gasteiger partial charge in [-0.25, -0.2) is 15.0 Å². The van der Waals surface area contributed by atoms with Gasteiger partial charge in [0, 0.05) is 16.7 Å². The summed E-state index contributed by atoms with van der Waals surface area (Å²) in [5.74, 6) is 1.95. The first-order valence-electron chi connectivity index (χ1n) is 18.2. The lowest BCUT2D eigenvalue weighted by molar-refractivity contribution is 1.07. The first-order chi connectivity index (χ1) is 26.7. The predicted molar refractivity (Wildman–Crippen MR) is 223 cm³/mol. The Bertz CT molecular complexity index is 2560. The van der Waals surface area contributed by atoms with Crippen molar-refractivity contribution in [2.75, 3.05) is 0 Å². The molecular weight excluding hydrogens is 655 g/mol. The number of hydrogen-bond acceptors (Lipinski definition) is 3. The van der Waals surface area contributed by atoms with E-state index in [1.807, 2.05) is 60.7 Å². The lowest BCUT2D eigenvalue weighted by Gasteiger charge is -2.15. The van der Waals surface area contributed by atoms with E-state index in [2.05, 4.69) is 152 Å². The van der Waals surface area contributed by atoms with E-state index >= 15 is 0 Å². The molecular formula is C51H35N3. The Hall–Kier alpha value is -7.23. The topological polar surface area (TPSA) is 38.7 Å². The average Bonchev–Trinajstić information content (AvgIpc) is 3.27. The van der Waals surface area contributed by atoms with Gasteiger partial charge < -0.3 is 0 Å². The molecule has 3 nitrogen and oxygen atoms in total. The van der Waals surface area contributed by atoms with Gasteiger partial charge in [-0.2, -0.15) is 0 Å². The van der Waals surface area contributed by atoms with E-state index in [1.165, 1.54) is 38.9 Å². The van der Waals surface area contributed by atoms with Gasteiger partial charge >= 0.3 is 0 Å². The van der Waals surface area contributed by atoms with Crippen LogP contribution < -0.4 is 0 Å². The monoisotopic (exact) mass is 689 g/mol. The lowest BCUT2D eigenvalue weighted by Crippen LogP contribution is -2.00. The van der Waals surface area contributed by atoms with Gasteiger partial charge in [-0.15, -0.1) is 0 Å². The number of rotatable bonds is 8. The number of benzene rings is 8. The SMILES string of the molecule is c1ccc(-c2cc(-c3ccccc3)cc(-c3ccccc3-c3cccc(-c4ccc(-c5nc(-c6ccccc6)nc(-c6ccccc6)n5)cc4)c3)c2)cc1. The molecule has 0 spiro atoms. The molecule has 3 heteroatoms. The highest BCUT2D eigenvalue weighted by atomic mass is 15.0. The van der Waals surface area contributed by atoms with E-state index in [1.54, 1.807) is 0 Å². The summed E-state index contributed by atoms with van der Waals surface area (Å²) in [6, 6.07) is 74.4. The third-order valence-electron chi connectivity index (χ3n) is 9.73. The molecule has 0 radical (unpaired) electrons. The minimum absolute atomic E-state index is 0.643. The van der Waals surface area contributed by atoms with Gasteiger partial charge in [0.25, 0.3) is 0 Å². The zero-order chi connectivity index (χ0) is 36.1. The maximum absolute atomic E-state index is 4.92. The second-order valence-electron chi connectivity index (χ2n) is 13.3. The van der Waals surface area contributed by atoms with Crippen molar-refractivity contribution in [3.63, 3.8) is 0 Å². The number of aromatic nitrogens is 3. The first kappa shape index (κ1) is 32.7. The molecule has 0 unspecified atom stereocenters. The van der Waals surface area contributed by atoms with Crippen LogP contribution in [0.15, 0.2) is 212 Å². The predicted octanol–water partition coefficient (Wildman–Crippen LogP) is 13.2. The van der Waals surface area contributed by atoms with Crippen LogP contribution in [0.2, 0.25) is 0 Å². The quantitative estimate of drug-likeness (QED) is 0.159. The Morgan fingerprint density at radius 1 is 0.185 bits per heavy atom. The van der Waals surface area contributed by atoms with Gasteiger partial charge in [0.2, 0.25) is 0 Å². The lowest BCUT2D eigenvalue weighted by atomic mass is 9.89. The van der Waals surface area contributed by atoms with Crippen LogP contribution in [0, 0.1) is 0 Å². The zero-order valence-electron chi connectivity index (χ0n) is 29.5. The van der Waals surface area contributed by atoms with E-state index in [0.717, 1.165) is 33.4 Å². The zero-order valence-corrected chi connectivity index (χ0v) is 29.5. The normalized spacial score (nSPS) is 11.0. The molecule has 0 aliphatic rings. The van der Waals surface area contributed by atoms with Crippen molar-refractivity contribution in [3.8, 4) is 89.8 Å². The third kappa shape index (κ3) is 6.87. The molecule has 0 atom stereocenters. The molecule has 0 amide bonds. The summed E-state index contributed by atoms with van der Waals surface area (Å²) in [7, 11) is 0. The summed E-state index contributed by atoms with van der Waals surface area (Å²) in [6.07, 6.45) is 0. The van der Waals surface area contributed by atoms with Gasteiger partial charge in [0.1, 0.15) is 0 Å². The van der Waals surface area contributed by atoms with Gasteiger partial charge in [-0.1, -0.05) is 188 Å². The molecule has 1 heterocycles. The summed E-state index contributed by atoms with van der Waals surface area (Å²) in [5, 5.41) is 0. The highest BCUT2D eigenvalue weighted by molar-refractivity contribution is 5.89. The minimum Gasteiger partial charge on any atom is -0.208 e. The molecule has 0 aliphatic heterocycles. The molecule has 0 saturated carbocycles. The van der Waals surface area contributed by atoms with Crippen molar-refractivity contribution >= 4 is 0 Å². The van der Waals surface area contributed by atoms with E-state index in [9.17, 15) is 0 Å². The molecule has 0 aliphatic carbocycles. The van der Waals surface area contributed by atoms with Gasteiger partial charge in [0.15, 0.2) is 17.5 Å². The fourth-order valence-electron chi connectivity index (χ4n) is 6.98. The molecule has 54 heavy (non-hydrogen) atoms. The molecule has 0 fully saturated rings. The maximum Gasteiger partial charge on any atom is 0.164 e. The minimum atomic E-state index is 0.643. The maximum atomic E-state index is 4.92. The van der Waals surface area contributed by atoms with E-state index < -0.39 is 0 Å². The van der Waals surface area contributed by atoms with E-state index in [-0.39, 0.29) is 0 Å². The average molecular weight is 690 g/mol. The van der Waals surface area contributed by atoms with E-state index in [4.69, 9.17) is 15.0 Å². The van der Waals surface area contributed by atoms with Gasteiger partial charge in [-0.05, 0) is 79.9 Å². The molecule has 254 valence electrons. The molecule has 0 bridgehead atoms. The van der Waals surface area contributed by atoms with Crippen LogP contribution in [0.1, 0.15) is 0 Å². The number of hydrogen-bond donors (Lipinski definition) is 0. The van der Waals surface area contributed by atoms with Crippen LogP contribution in [-0.2, 0) is 0 Å². The van der Waals surface area contributed by atoms with Crippen molar-refractivity contribution in [1.29, 1.82) is 0 Å². The summed E-state index contributed by atoms with van der Waals surface area (Å²) in [4.78, 5) is 14.7. The summed E-state index contributed by atoms with van der Waals surface area (Å²) in [5.41, 5.74) is 14.6. The van der Waals surface area contributed by atoms with Gasteiger partial charge in [0.05, 0.1) is 0 Å². The van der Waals surface area contributed by atoms with Crippen LogP contribution in [0.4, 0.5) is 0 Å². The Morgan fingerprint density at radius 3 is 0.963 bits per heavy atom. The Balaban J connectivity index is 1.08. The Kier molecular flexibility index (Phi) is 8.94. The van der Waals surface area contributed by atoms with Crippen molar-refractivity contribution in [2.24, 2.45) is 0 Å². The Morgan fingerprint density at radius 2 is 0.481 bits per heavy atom. The van der Waals surface area contributed by atoms with Crippen LogP contribution in [0.25, 0.3) is 89.8 Å². The highest BCUT2D eigenvalue weighted by Gasteiger charge is 2.14. The third-order valence-corrected chi connectivity index (χ3v) is 9.73. The van der Waals surface area contributed by atoms with Crippen LogP contribution >= 0.6 is 0 Å². The molecule has 1 aromatic heterocycles. The van der Waals surface area contributed by atoms with Crippen molar-refractivity contribution < 1.29 is 0 Å². The molecule has 8 aromatic carbocycles. The second-order valence-corrected chi connectivity index (χ2v) is 13.3. The summed E-state index contributed by atoms with van der Waals surface area (Å²) >= 11 is 0. The van der Waals surface area contributed by atoms with Crippen LogP contribution in [0.3, 0.4) is 0 Å². The molecule has 0 saturated heterocycles. The molecule has 9 aromatic rings. The van der Waals surface area contributed by atoms with E-state index in [0.29, 0.717) is 17.5 Å². The first-order valence-corrected chi connectivity index (χ1v) is 18.2. The van der Waals surface area contributed by atoms with Crippen molar-refractivity contribution in [3.05, 3.63) is 212 Å². The number of nitrogens with zero attached hydrogens (tertiary/aromatic N) is 3. The highest BCUT2D eigenvalue weighted by Crippen LogP contribution is 2.38. The molecule has 9 rings (SSSR count). The van der Waals surface area contributed by atoms with Crippen molar-refractivity contribution in [1.82, 2.24) is 15.0 Å². The van der Waals surface area contributed by atoms with Crippen molar-refractivity contribution in [2.45, 2.75) is 0 Å². The summed E-state index contributed by atoms with van der Waals surface area (Å²) < 4.78 is 0.